The Morgan fingerprint density at radius 2 is 2.10 bits per heavy atom. The van der Waals surface area contributed by atoms with Crippen LogP contribution in [0.2, 0.25) is 0 Å². The Bertz CT molecular complexity index is 555. The molecule has 2 aliphatic heterocycles. The van der Waals surface area contributed by atoms with Gasteiger partial charge in [-0.1, -0.05) is 18.2 Å². The number of hydrogen-bond donors (Lipinski definition) is 1. The fourth-order valence-corrected chi connectivity index (χ4v) is 3.93. The number of likely N-dealkylation sites (tertiary alicyclic amines) is 1. The third kappa shape index (κ3) is 1.54. The van der Waals surface area contributed by atoms with Crippen molar-refractivity contribution in [2.24, 2.45) is 5.92 Å². The van der Waals surface area contributed by atoms with Crippen molar-refractivity contribution in [1.29, 1.82) is 0 Å². The fourth-order valence-electron chi connectivity index (χ4n) is 3.93. The van der Waals surface area contributed by atoms with Gasteiger partial charge in [0.15, 0.2) is 0 Å². The maximum atomic E-state index is 12.4. The summed E-state index contributed by atoms with van der Waals surface area (Å²) >= 11 is 0. The van der Waals surface area contributed by atoms with E-state index in [0.717, 1.165) is 19.4 Å². The van der Waals surface area contributed by atoms with E-state index in [-0.39, 0.29) is 30.5 Å². The zero-order valence-electron chi connectivity index (χ0n) is 11.7. The first kappa shape index (κ1) is 12.2. The molecule has 4 heteroatoms. The van der Waals surface area contributed by atoms with Gasteiger partial charge >= 0.3 is 0 Å². The summed E-state index contributed by atoms with van der Waals surface area (Å²) in [5, 5.41) is 9.73. The van der Waals surface area contributed by atoms with Crippen LogP contribution < -0.4 is 4.90 Å². The van der Waals surface area contributed by atoms with Crippen LogP contribution in [0.1, 0.15) is 24.3 Å². The number of fused-ring (bicyclic) bond motifs is 3. The minimum Gasteiger partial charge on any atom is -0.394 e. The first-order valence-corrected chi connectivity index (χ1v) is 7.45. The van der Waals surface area contributed by atoms with Gasteiger partial charge in [-0.2, -0.15) is 0 Å². The molecule has 1 saturated carbocycles. The Hall–Kier alpha value is -1.55. The van der Waals surface area contributed by atoms with Crippen LogP contribution in [0.15, 0.2) is 24.3 Å². The summed E-state index contributed by atoms with van der Waals surface area (Å²) in [5.41, 5.74) is 2.52. The highest BCUT2D eigenvalue weighted by molar-refractivity contribution is 5.84. The van der Waals surface area contributed by atoms with Crippen LogP contribution >= 0.6 is 0 Å². The largest absolute Gasteiger partial charge is 0.394 e. The number of para-hydroxylation sites is 1. The van der Waals surface area contributed by atoms with E-state index in [1.807, 2.05) is 4.90 Å². The third-order valence-electron chi connectivity index (χ3n) is 5.08. The van der Waals surface area contributed by atoms with Crippen LogP contribution in [0.5, 0.6) is 0 Å². The SMILES string of the molecule is CN1C[C@H]2[C@@H](c3ccccc31)[C@H](CO)N2C(=O)C1CC1. The molecule has 1 aromatic carbocycles. The average Bonchev–Trinajstić information content (AvgIpc) is 3.27. The van der Waals surface area contributed by atoms with E-state index in [1.54, 1.807) is 0 Å². The highest BCUT2D eigenvalue weighted by atomic mass is 16.3. The van der Waals surface area contributed by atoms with Crippen molar-refractivity contribution in [3.05, 3.63) is 29.8 Å². The number of anilines is 1. The summed E-state index contributed by atoms with van der Waals surface area (Å²) in [6, 6.07) is 8.59. The van der Waals surface area contributed by atoms with E-state index in [0.29, 0.717) is 5.92 Å². The normalized spacial score (nSPS) is 31.4. The maximum absolute atomic E-state index is 12.4. The van der Waals surface area contributed by atoms with E-state index in [4.69, 9.17) is 0 Å². The molecule has 0 radical (unpaired) electrons. The number of hydrogen-bond acceptors (Lipinski definition) is 3. The number of carbonyl (C=O) groups is 1. The summed E-state index contributed by atoms with van der Waals surface area (Å²) in [5.74, 6) is 0.792. The summed E-state index contributed by atoms with van der Waals surface area (Å²) in [4.78, 5) is 16.6. The lowest BCUT2D eigenvalue weighted by molar-refractivity contribution is -0.151. The minimum atomic E-state index is -0.0250. The first-order valence-electron chi connectivity index (χ1n) is 7.45. The molecule has 106 valence electrons. The summed E-state index contributed by atoms with van der Waals surface area (Å²) in [7, 11) is 2.08. The molecule has 1 saturated heterocycles. The van der Waals surface area contributed by atoms with Gasteiger partial charge in [0.25, 0.3) is 0 Å². The van der Waals surface area contributed by atoms with Gasteiger partial charge in [-0.05, 0) is 24.5 Å². The predicted molar refractivity (Wildman–Crippen MR) is 76.7 cm³/mol. The van der Waals surface area contributed by atoms with Crippen molar-refractivity contribution < 1.29 is 9.90 Å². The summed E-state index contributed by atoms with van der Waals surface area (Å²) in [6.45, 7) is 0.939. The fraction of sp³-hybridized carbons (Fsp3) is 0.562. The molecular weight excluding hydrogens is 252 g/mol. The Balaban J connectivity index is 1.69. The van der Waals surface area contributed by atoms with Crippen LogP contribution in [0.4, 0.5) is 5.69 Å². The van der Waals surface area contributed by atoms with Crippen molar-refractivity contribution in [2.45, 2.75) is 30.8 Å². The van der Waals surface area contributed by atoms with Crippen LogP contribution in [0.25, 0.3) is 0 Å². The van der Waals surface area contributed by atoms with Gasteiger partial charge in [0.1, 0.15) is 0 Å². The van der Waals surface area contributed by atoms with Gasteiger partial charge in [0.05, 0.1) is 18.7 Å². The standard InChI is InChI=1S/C16H20N2O2/c1-17-8-13-15(11-4-2-3-5-12(11)17)14(9-19)18(13)16(20)10-6-7-10/h2-5,10,13-15,19H,6-9H2,1H3/t13-,14-,15+/m0/s1. The molecule has 0 unspecified atom stereocenters. The molecular formula is C16H20N2O2. The Morgan fingerprint density at radius 3 is 2.80 bits per heavy atom. The van der Waals surface area contributed by atoms with E-state index in [2.05, 4.69) is 36.2 Å². The molecule has 4 rings (SSSR count). The van der Waals surface area contributed by atoms with Gasteiger partial charge in [-0.25, -0.2) is 0 Å². The number of rotatable bonds is 2. The maximum Gasteiger partial charge on any atom is 0.226 e. The van der Waals surface area contributed by atoms with Gasteiger partial charge < -0.3 is 14.9 Å². The summed E-state index contributed by atoms with van der Waals surface area (Å²) < 4.78 is 0. The van der Waals surface area contributed by atoms with Crippen molar-refractivity contribution in [1.82, 2.24) is 4.90 Å². The Kier molecular flexibility index (Phi) is 2.58. The smallest absolute Gasteiger partial charge is 0.226 e. The highest BCUT2D eigenvalue weighted by Crippen LogP contribution is 2.49. The van der Waals surface area contributed by atoms with Gasteiger partial charge in [0.2, 0.25) is 5.91 Å². The van der Waals surface area contributed by atoms with Crippen molar-refractivity contribution in [2.75, 3.05) is 25.1 Å². The quantitative estimate of drug-likeness (QED) is 0.880. The Morgan fingerprint density at radius 1 is 1.35 bits per heavy atom. The summed E-state index contributed by atoms with van der Waals surface area (Å²) in [6.07, 6.45) is 2.05. The van der Waals surface area contributed by atoms with E-state index in [9.17, 15) is 9.90 Å². The second-order valence-corrected chi connectivity index (χ2v) is 6.30. The first-order chi connectivity index (χ1) is 9.72. The Labute approximate surface area is 119 Å². The number of likely N-dealkylation sites (N-methyl/N-ethyl adjacent to an activating group) is 1. The van der Waals surface area contributed by atoms with Crippen LogP contribution in [-0.2, 0) is 4.79 Å². The van der Waals surface area contributed by atoms with E-state index in [1.165, 1.54) is 11.3 Å². The molecule has 1 aromatic rings. The van der Waals surface area contributed by atoms with E-state index >= 15 is 0 Å². The second-order valence-electron chi connectivity index (χ2n) is 6.30. The molecule has 1 amide bonds. The molecule has 2 fully saturated rings. The highest BCUT2D eigenvalue weighted by Gasteiger charge is 2.55. The lowest BCUT2D eigenvalue weighted by Crippen LogP contribution is -2.70. The molecule has 2 heterocycles. The van der Waals surface area contributed by atoms with Crippen LogP contribution in [0, 0.1) is 5.92 Å². The zero-order chi connectivity index (χ0) is 13.9. The molecule has 3 aliphatic rings. The van der Waals surface area contributed by atoms with E-state index < -0.39 is 0 Å². The molecule has 0 aromatic heterocycles. The second kappa shape index (κ2) is 4.22. The third-order valence-corrected chi connectivity index (χ3v) is 5.08. The van der Waals surface area contributed by atoms with Crippen molar-refractivity contribution in [3.8, 4) is 0 Å². The molecule has 3 atom stereocenters. The molecule has 4 nitrogen and oxygen atoms in total. The molecule has 20 heavy (non-hydrogen) atoms. The lowest BCUT2D eigenvalue weighted by atomic mass is 9.72. The molecule has 1 aliphatic carbocycles. The number of benzene rings is 1. The molecule has 0 bridgehead atoms. The number of carbonyl (C=O) groups excluding carboxylic acids is 1. The molecule has 0 spiro atoms. The number of amides is 1. The van der Waals surface area contributed by atoms with Crippen molar-refractivity contribution in [3.63, 3.8) is 0 Å². The van der Waals surface area contributed by atoms with Crippen LogP contribution in [0.3, 0.4) is 0 Å². The van der Waals surface area contributed by atoms with Crippen LogP contribution in [-0.4, -0.2) is 48.2 Å². The average molecular weight is 272 g/mol. The van der Waals surface area contributed by atoms with Gasteiger partial charge in [-0.3, -0.25) is 4.79 Å². The number of nitrogens with zero attached hydrogens (tertiary/aromatic N) is 2. The van der Waals surface area contributed by atoms with Gasteiger partial charge in [0, 0.05) is 31.1 Å². The monoisotopic (exact) mass is 272 g/mol. The topological polar surface area (TPSA) is 43.8 Å². The number of aliphatic hydroxyl groups is 1. The molecule has 1 N–H and O–H groups in total. The number of aliphatic hydroxyl groups excluding tert-OH is 1. The predicted octanol–water partition coefficient (Wildman–Crippen LogP) is 1.20. The van der Waals surface area contributed by atoms with Gasteiger partial charge in [-0.15, -0.1) is 0 Å². The minimum absolute atomic E-state index is 0.0250. The van der Waals surface area contributed by atoms with Crippen molar-refractivity contribution >= 4 is 11.6 Å². The zero-order valence-corrected chi connectivity index (χ0v) is 11.7. The lowest BCUT2D eigenvalue weighted by Gasteiger charge is -2.59.